The third kappa shape index (κ3) is 2.08. The van der Waals surface area contributed by atoms with Crippen molar-refractivity contribution in [3.05, 3.63) is 76.0 Å². The van der Waals surface area contributed by atoms with Gasteiger partial charge in [-0.25, -0.2) is 0 Å². The van der Waals surface area contributed by atoms with Crippen LogP contribution in [0.3, 0.4) is 0 Å². The van der Waals surface area contributed by atoms with Gasteiger partial charge < -0.3 is 9.72 Å². The van der Waals surface area contributed by atoms with Crippen LogP contribution in [-0.2, 0) is 0 Å². The van der Waals surface area contributed by atoms with Crippen molar-refractivity contribution in [2.45, 2.75) is 31.4 Å². The van der Waals surface area contributed by atoms with Gasteiger partial charge in [0.05, 0.1) is 5.92 Å². The summed E-state index contributed by atoms with van der Waals surface area (Å²) in [6.07, 6.45) is 1.89. The molecule has 2 atom stereocenters. The summed E-state index contributed by atoms with van der Waals surface area (Å²) in [5.41, 5.74) is 1.89. The van der Waals surface area contributed by atoms with Gasteiger partial charge in [-0.1, -0.05) is 36.4 Å². The number of nitrogens with zero attached hydrogens (tertiary/aromatic N) is 1. The summed E-state index contributed by atoms with van der Waals surface area (Å²) in [7, 11) is 0. The molecule has 0 bridgehead atoms. The van der Waals surface area contributed by atoms with Gasteiger partial charge in [0.1, 0.15) is 5.75 Å². The number of nitro groups is 1. The Bertz CT molecular complexity index is 929. The second-order valence-electron chi connectivity index (χ2n) is 6.74. The first-order valence-electron chi connectivity index (χ1n) is 7.96. The molecule has 122 valence electrons. The molecular formula is C19H18N2O3. The predicted molar refractivity (Wildman–Crippen MR) is 92.1 cm³/mol. The molecule has 1 N–H and O–H groups in total. The third-order valence-corrected chi connectivity index (χ3v) is 4.84. The molecular weight excluding hydrogens is 304 g/mol. The number of aromatic nitrogens is 1. The molecule has 24 heavy (non-hydrogen) atoms. The lowest BCUT2D eigenvalue weighted by Crippen LogP contribution is -2.53. The maximum absolute atomic E-state index is 11.9. The Labute approximate surface area is 139 Å². The third-order valence-electron chi connectivity index (χ3n) is 4.84. The Morgan fingerprint density at radius 3 is 2.58 bits per heavy atom. The molecule has 0 saturated carbocycles. The van der Waals surface area contributed by atoms with Crippen LogP contribution in [0.5, 0.6) is 5.75 Å². The molecule has 0 fully saturated rings. The minimum atomic E-state index is -0.902. The summed E-state index contributed by atoms with van der Waals surface area (Å²) in [5, 5.41) is 13.0. The fourth-order valence-corrected chi connectivity index (χ4v) is 3.81. The molecule has 2 aromatic carbocycles. The van der Waals surface area contributed by atoms with Crippen LogP contribution in [0.15, 0.2) is 54.7 Å². The maximum atomic E-state index is 11.9. The Balaban J connectivity index is 2.00. The summed E-state index contributed by atoms with van der Waals surface area (Å²) in [5.74, 6) is 0.354. The molecule has 1 aliphatic rings. The van der Waals surface area contributed by atoms with Crippen LogP contribution in [0.2, 0.25) is 0 Å². The zero-order chi connectivity index (χ0) is 16.9. The normalized spacial score (nSPS) is 21.9. The number of rotatable bonds is 2. The lowest BCUT2D eigenvalue weighted by molar-refractivity contribution is -0.546. The lowest BCUT2D eigenvalue weighted by Gasteiger charge is -2.39. The van der Waals surface area contributed by atoms with Crippen molar-refractivity contribution < 1.29 is 9.66 Å². The molecule has 5 heteroatoms. The van der Waals surface area contributed by atoms with E-state index in [0.29, 0.717) is 0 Å². The standard InChI is InChI=1S/C19H18N2O3/c1-19(2)18(21(22)23)17(13-8-4-6-10-16(13)24-19)14-11-20-15-9-5-3-7-12(14)15/h3-11,17-18,20H,1-2H3/t17-,18+/m0/s1. The Morgan fingerprint density at radius 1 is 1.08 bits per heavy atom. The quantitative estimate of drug-likeness (QED) is 0.570. The minimum absolute atomic E-state index is 0.206. The van der Waals surface area contributed by atoms with Crippen LogP contribution in [0.1, 0.15) is 30.9 Å². The fraction of sp³-hybridized carbons (Fsp3) is 0.263. The van der Waals surface area contributed by atoms with Gasteiger partial charge in [0.25, 0.3) is 6.04 Å². The van der Waals surface area contributed by atoms with E-state index in [1.165, 1.54) is 0 Å². The Morgan fingerprint density at radius 2 is 1.79 bits per heavy atom. The summed E-state index contributed by atoms with van der Waals surface area (Å²) >= 11 is 0. The molecule has 4 rings (SSSR count). The van der Waals surface area contributed by atoms with Crippen LogP contribution in [0.4, 0.5) is 0 Å². The highest BCUT2D eigenvalue weighted by Crippen LogP contribution is 2.46. The highest BCUT2D eigenvalue weighted by Gasteiger charge is 2.53. The van der Waals surface area contributed by atoms with Crippen molar-refractivity contribution in [2.24, 2.45) is 0 Å². The fourth-order valence-electron chi connectivity index (χ4n) is 3.81. The van der Waals surface area contributed by atoms with Crippen molar-refractivity contribution in [3.63, 3.8) is 0 Å². The van der Waals surface area contributed by atoms with Crippen LogP contribution in [0, 0.1) is 10.1 Å². The van der Waals surface area contributed by atoms with Crippen molar-refractivity contribution >= 4 is 10.9 Å². The zero-order valence-electron chi connectivity index (χ0n) is 13.5. The molecule has 0 saturated heterocycles. The van der Waals surface area contributed by atoms with E-state index in [2.05, 4.69) is 4.98 Å². The molecule has 0 aliphatic carbocycles. The zero-order valence-corrected chi connectivity index (χ0v) is 13.5. The number of hydrogen-bond acceptors (Lipinski definition) is 3. The first kappa shape index (κ1) is 14.8. The topological polar surface area (TPSA) is 68.2 Å². The molecule has 5 nitrogen and oxygen atoms in total. The summed E-state index contributed by atoms with van der Waals surface area (Å²) < 4.78 is 5.98. The maximum Gasteiger partial charge on any atom is 0.262 e. The van der Waals surface area contributed by atoms with Gasteiger partial charge in [0.2, 0.25) is 0 Å². The SMILES string of the molecule is CC1(C)Oc2ccccc2[C@@H](c2c[nH]c3ccccc23)[C@H]1[N+](=O)[O-]. The molecule has 0 spiro atoms. The molecule has 3 aromatic rings. The van der Waals surface area contributed by atoms with Crippen LogP contribution in [-0.4, -0.2) is 21.6 Å². The van der Waals surface area contributed by atoms with Crippen molar-refractivity contribution in [1.82, 2.24) is 4.98 Å². The molecule has 1 aliphatic heterocycles. The number of fused-ring (bicyclic) bond motifs is 2. The predicted octanol–water partition coefficient (Wildman–Crippen LogP) is 4.12. The van der Waals surface area contributed by atoms with E-state index in [1.54, 1.807) is 13.8 Å². The molecule has 0 unspecified atom stereocenters. The van der Waals surface area contributed by atoms with Crippen LogP contribution < -0.4 is 4.74 Å². The molecule has 0 amide bonds. The smallest absolute Gasteiger partial charge is 0.262 e. The van der Waals surface area contributed by atoms with Crippen molar-refractivity contribution in [3.8, 4) is 5.75 Å². The van der Waals surface area contributed by atoms with E-state index >= 15 is 0 Å². The lowest BCUT2D eigenvalue weighted by atomic mass is 9.76. The van der Waals surface area contributed by atoms with Crippen LogP contribution in [0.25, 0.3) is 10.9 Å². The van der Waals surface area contributed by atoms with Gasteiger partial charge in [-0.05, 0) is 31.5 Å². The number of nitrogens with one attached hydrogen (secondary N) is 1. The summed E-state index contributed by atoms with van der Waals surface area (Å²) in [4.78, 5) is 15.0. The van der Waals surface area contributed by atoms with Gasteiger partial charge in [-0.2, -0.15) is 0 Å². The van der Waals surface area contributed by atoms with E-state index in [-0.39, 0.29) is 10.8 Å². The second-order valence-corrected chi connectivity index (χ2v) is 6.74. The number of benzene rings is 2. The highest BCUT2D eigenvalue weighted by molar-refractivity contribution is 5.84. The number of ether oxygens (including phenoxy) is 1. The molecule has 2 heterocycles. The second kappa shape index (κ2) is 5.09. The van der Waals surface area contributed by atoms with Gasteiger partial charge >= 0.3 is 0 Å². The monoisotopic (exact) mass is 322 g/mol. The average molecular weight is 322 g/mol. The van der Waals surface area contributed by atoms with Gasteiger partial charge in [-0.15, -0.1) is 0 Å². The van der Waals surface area contributed by atoms with Crippen molar-refractivity contribution in [2.75, 3.05) is 0 Å². The van der Waals surface area contributed by atoms with E-state index in [1.807, 2.05) is 54.7 Å². The minimum Gasteiger partial charge on any atom is -0.480 e. The van der Waals surface area contributed by atoms with Gasteiger partial charge in [-0.3, -0.25) is 10.1 Å². The van der Waals surface area contributed by atoms with E-state index in [0.717, 1.165) is 27.8 Å². The Kier molecular flexibility index (Phi) is 3.13. The van der Waals surface area contributed by atoms with Crippen molar-refractivity contribution in [1.29, 1.82) is 0 Å². The average Bonchev–Trinajstić information content (AvgIpc) is 2.96. The molecule has 1 aromatic heterocycles. The first-order valence-corrected chi connectivity index (χ1v) is 7.96. The highest BCUT2D eigenvalue weighted by atomic mass is 16.6. The first-order chi connectivity index (χ1) is 11.5. The number of aromatic amines is 1. The van der Waals surface area contributed by atoms with Gasteiger partial charge in [0.15, 0.2) is 5.60 Å². The van der Waals surface area contributed by atoms with Crippen LogP contribution >= 0.6 is 0 Å². The summed E-state index contributed by atoms with van der Waals surface area (Å²) in [6.45, 7) is 3.58. The number of hydrogen-bond donors (Lipinski definition) is 1. The number of H-pyrrole nitrogens is 1. The van der Waals surface area contributed by atoms with E-state index in [9.17, 15) is 10.1 Å². The molecule has 0 radical (unpaired) electrons. The largest absolute Gasteiger partial charge is 0.480 e. The summed E-state index contributed by atoms with van der Waals surface area (Å²) in [6, 6.07) is 14.6. The van der Waals surface area contributed by atoms with E-state index < -0.39 is 11.6 Å². The Hall–Kier alpha value is -2.82. The van der Waals surface area contributed by atoms with E-state index in [4.69, 9.17) is 4.74 Å². The van der Waals surface area contributed by atoms with Gasteiger partial charge in [0, 0.05) is 27.6 Å². The number of para-hydroxylation sites is 2.